The summed E-state index contributed by atoms with van der Waals surface area (Å²) in [5.41, 5.74) is 12.3. The predicted octanol–water partition coefficient (Wildman–Crippen LogP) is 13.2. The van der Waals surface area contributed by atoms with Gasteiger partial charge in [-0.3, -0.25) is 0 Å². The Bertz CT molecular complexity index is 3240. The number of rotatable bonds is 6. The molecule has 0 aliphatic rings. The van der Waals surface area contributed by atoms with Crippen LogP contribution >= 0.6 is 0 Å². The van der Waals surface area contributed by atoms with Crippen molar-refractivity contribution >= 4 is 43.7 Å². The maximum Gasteiger partial charge on any atom is 0.164 e. The fourth-order valence-corrected chi connectivity index (χ4v) is 7.97. The highest BCUT2D eigenvalue weighted by atomic mass is 16.3. The Morgan fingerprint density at radius 2 is 0.875 bits per heavy atom. The molecule has 262 valence electrons. The fraction of sp³-hybridized carbons (Fsp3) is 0. The minimum atomic E-state index is 0.616. The molecule has 0 radical (unpaired) electrons. The first kappa shape index (κ1) is 31.9. The van der Waals surface area contributed by atoms with E-state index in [-0.39, 0.29) is 0 Å². The second kappa shape index (κ2) is 13.0. The van der Waals surface area contributed by atoms with Crippen molar-refractivity contribution in [3.63, 3.8) is 0 Å². The van der Waals surface area contributed by atoms with Crippen LogP contribution in [-0.2, 0) is 0 Å². The molecule has 3 aromatic heterocycles. The summed E-state index contributed by atoms with van der Waals surface area (Å²) in [5.74, 6) is 1.87. The molecular weight excluding hydrogens is 685 g/mol. The number of nitrogens with zero attached hydrogens (tertiary/aromatic N) is 4. The van der Waals surface area contributed by atoms with Crippen LogP contribution in [0.1, 0.15) is 0 Å². The van der Waals surface area contributed by atoms with Crippen LogP contribution in [-0.4, -0.2) is 19.5 Å². The Hall–Kier alpha value is -7.63. The van der Waals surface area contributed by atoms with Gasteiger partial charge in [0.25, 0.3) is 0 Å². The average molecular weight is 717 g/mol. The summed E-state index contributed by atoms with van der Waals surface area (Å²) in [6.07, 6.45) is 0. The summed E-state index contributed by atoms with van der Waals surface area (Å²) >= 11 is 0. The number of hydrogen-bond donors (Lipinski definition) is 0. The van der Waals surface area contributed by atoms with Gasteiger partial charge in [-0.15, -0.1) is 0 Å². The number of aromatic nitrogens is 4. The van der Waals surface area contributed by atoms with Crippen LogP contribution in [0, 0.1) is 0 Å². The van der Waals surface area contributed by atoms with Crippen molar-refractivity contribution in [2.24, 2.45) is 0 Å². The molecule has 0 bridgehead atoms. The quantitative estimate of drug-likeness (QED) is 0.172. The minimum absolute atomic E-state index is 0.616. The molecule has 5 nitrogen and oxygen atoms in total. The van der Waals surface area contributed by atoms with Gasteiger partial charge in [0.1, 0.15) is 11.2 Å². The Morgan fingerprint density at radius 1 is 0.339 bits per heavy atom. The molecule has 0 fully saturated rings. The molecule has 11 rings (SSSR count). The molecule has 0 saturated carbocycles. The summed E-state index contributed by atoms with van der Waals surface area (Å²) in [5, 5.41) is 4.60. The zero-order valence-electron chi connectivity index (χ0n) is 30.2. The van der Waals surface area contributed by atoms with Crippen LogP contribution in [0.15, 0.2) is 199 Å². The van der Waals surface area contributed by atoms with Gasteiger partial charge in [-0.2, -0.15) is 0 Å². The van der Waals surface area contributed by atoms with E-state index in [4.69, 9.17) is 19.4 Å². The fourth-order valence-electron chi connectivity index (χ4n) is 7.97. The topological polar surface area (TPSA) is 56.7 Å². The Morgan fingerprint density at radius 3 is 1.66 bits per heavy atom. The van der Waals surface area contributed by atoms with Crippen molar-refractivity contribution in [1.82, 2.24) is 19.5 Å². The third kappa shape index (κ3) is 5.37. The van der Waals surface area contributed by atoms with Gasteiger partial charge in [-0.25, -0.2) is 15.0 Å². The summed E-state index contributed by atoms with van der Waals surface area (Å²) < 4.78 is 8.78. The van der Waals surface area contributed by atoms with Crippen LogP contribution < -0.4 is 0 Å². The van der Waals surface area contributed by atoms with Crippen molar-refractivity contribution in [2.45, 2.75) is 0 Å². The zero-order valence-corrected chi connectivity index (χ0v) is 30.2. The van der Waals surface area contributed by atoms with Crippen LogP contribution in [0.4, 0.5) is 0 Å². The molecule has 8 aromatic carbocycles. The van der Waals surface area contributed by atoms with Crippen molar-refractivity contribution in [3.05, 3.63) is 194 Å². The van der Waals surface area contributed by atoms with Gasteiger partial charge in [0.2, 0.25) is 0 Å². The lowest BCUT2D eigenvalue weighted by Crippen LogP contribution is -2.01. The normalized spacial score (nSPS) is 11.6. The van der Waals surface area contributed by atoms with Gasteiger partial charge in [-0.05, 0) is 53.1 Å². The van der Waals surface area contributed by atoms with Gasteiger partial charge < -0.3 is 8.98 Å². The Kier molecular flexibility index (Phi) is 7.42. The lowest BCUT2D eigenvalue weighted by atomic mass is 10.0. The second-order valence-corrected chi connectivity index (χ2v) is 14.0. The highest BCUT2D eigenvalue weighted by Crippen LogP contribution is 2.40. The molecule has 56 heavy (non-hydrogen) atoms. The number of fused-ring (bicyclic) bond motifs is 6. The minimum Gasteiger partial charge on any atom is -0.455 e. The summed E-state index contributed by atoms with van der Waals surface area (Å²) in [6, 6.07) is 67.4. The van der Waals surface area contributed by atoms with Crippen molar-refractivity contribution in [3.8, 4) is 62.1 Å². The van der Waals surface area contributed by atoms with Crippen molar-refractivity contribution < 1.29 is 4.42 Å². The summed E-state index contributed by atoms with van der Waals surface area (Å²) in [6.45, 7) is 0. The van der Waals surface area contributed by atoms with Crippen LogP contribution in [0.25, 0.3) is 106 Å². The second-order valence-electron chi connectivity index (χ2n) is 14.0. The predicted molar refractivity (Wildman–Crippen MR) is 229 cm³/mol. The van der Waals surface area contributed by atoms with E-state index < -0.39 is 0 Å². The lowest BCUT2D eigenvalue weighted by Gasteiger charge is -2.12. The largest absolute Gasteiger partial charge is 0.455 e. The first-order chi connectivity index (χ1) is 27.7. The highest BCUT2D eigenvalue weighted by molar-refractivity contribution is 6.13. The van der Waals surface area contributed by atoms with Crippen molar-refractivity contribution in [2.75, 3.05) is 0 Å². The molecule has 0 aliphatic heterocycles. The standard InChI is InChI=1S/C51H32N4O/c1-3-13-33(14-4-1)34-25-27-36(28-26-34)50-52-49(35-15-5-2-6-16-35)53-51(54-50)38-17-11-18-39(31-38)55-45-23-9-7-19-41(45)44-32-37(29-30-46(44)55)40-21-12-22-43-42-20-8-10-24-47(42)56-48(40)43/h1-32H. The molecule has 0 spiro atoms. The Balaban J connectivity index is 1.04. The van der Waals surface area contributed by atoms with E-state index in [1.54, 1.807) is 0 Å². The van der Waals surface area contributed by atoms with Crippen LogP contribution in [0.3, 0.4) is 0 Å². The third-order valence-corrected chi connectivity index (χ3v) is 10.7. The maximum absolute atomic E-state index is 6.44. The smallest absolute Gasteiger partial charge is 0.164 e. The molecule has 0 N–H and O–H groups in total. The van der Waals surface area contributed by atoms with E-state index in [1.165, 1.54) is 16.3 Å². The lowest BCUT2D eigenvalue weighted by molar-refractivity contribution is 0.670. The highest BCUT2D eigenvalue weighted by Gasteiger charge is 2.18. The van der Waals surface area contributed by atoms with E-state index >= 15 is 0 Å². The number of furan rings is 1. The van der Waals surface area contributed by atoms with E-state index in [0.717, 1.165) is 72.0 Å². The van der Waals surface area contributed by atoms with Crippen LogP contribution in [0.2, 0.25) is 0 Å². The van der Waals surface area contributed by atoms with Gasteiger partial charge in [-0.1, -0.05) is 158 Å². The first-order valence-electron chi connectivity index (χ1n) is 18.8. The van der Waals surface area contributed by atoms with Gasteiger partial charge in [0, 0.05) is 49.5 Å². The Labute approximate surface area is 322 Å². The monoisotopic (exact) mass is 716 g/mol. The van der Waals surface area contributed by atoms with E-state index in [9.17, 15) is 0 Å². The van der Waals surface area contributed by atoms with E-state index in [0.29, 0.717) is 17.5 Å². The maximum atomic E-state index is 6.44. The number of para-hydroxylation sites is 3. The van der Waals surface area contributed by atoms with E-state index in [2.05, 4.69) is 150 Å². The van der Waals surface area contributed by atoms with E-state index in [1.807, 2.05) is 48.5 Å². The van der Waals surface area contributed by atoms with Gasteiger partial charge in [0.15, 0.2) is 17.5 Å². The SMILES string of the molecule is c1ccc(-c2ccc(-c3nc(-c4ccccc4)nc(-c4cccc(-n5c6ccccc6c6cc(-c7cccc8c7oc7ccccc78)ccc65)c4)n3)cc2)cc1. The molecular formula is C51H32N4O. The molecule has 5 heteroatoms. The first-order valence-corrected chi connectivity index (χ1v) is 18.8. The average Bonchev–Trinajstić information content (AvgIpc) is 3.83. The zero-order chi connectivity index (χ0) is 37.0. The number of hydrogen-bond acceptors (Lipinski definition) is 4. The number of benzene rings is 8. The molecule has 0 unspecified atom stereocenters. The third-order valence-electron chi connectivity index (χ3n) is 10.7. The molecule has 0 saturated heterocycles. The van der Waals surface area contributed by atoms with Gasteiger partial charge in [0.05, 0.1) is 11.0 Å². The van der Waals surface area contributed by atoms with Gasteiger partial charge >= 0.3 is 0 Å². The van der Waals surface area contributed by atoms with Crippen LogP contribution in [0.5, 0.6) is 0 Å². The molecule has 0 aliphatic carbocycles. The molecule has 11 aromatic rings. The summed E-state index contributed by atoms with van der Waals surface area (Å²) in [7, 11) is 0. The molecule has 3 heterocycles. The van der Waals surface area contributed by atoms with Crippen molar-refractivity contribution in [1.29, 1.82) is 0 Å². The summed E-state index contributed by atoms with van der Waals surface area (Å²) in [4.78, 5) is 15.1. The molecule has 0 amide bonds. The molecule has 0 atom stereocenters.